The van der Waals surface area contributed by atoms with Gasteiger partial charge in [-0.1, -0.05) is 72.5 Å². The van der Waals surface area contributed by atoms with Crippen LogP contribution in [0.5, 0.6) is 0 Å². The van der Waals surface area contributed by atoms with Crippen molar-refractivity contribution in [1.82, 2.24) is 10.6 Å². The molecule has 0 aliphatic rings. The number of carbonyl (C=O) groups excluding carboxylic acids is 2. The number of amides is 2. The van der Waals surface area contributed by atoms with Crippen LogP contribution >= 0.6 is 0 Å². The average molecular weight is 577 g/mol. The number of benzene rings is 2. The Bertz CT molecular complexity index is 1110. The van der Waals surface area contributed by atoms with E-state index < -0.39 is 23.4 Å². The maximum atomic E-state index is 12.3. The molecule has 2 atom stereocenters. The largest absolute Gasteiger partial charge is 0.444 e. The Morgan fingerprint density at radius 1 is 0.643 bits per heavy atom. The zero-order valence-corrected chi connectivity index (χ0v) is 25.6. The third-order valence-electron chi connectivity index (χ3n) is 5.48. The minimum absolute atomic E-state index is 0.221. The van der Waals surface area contributed by atoms with Crippen LogP contribution in [0.1, 0.15) is 77.6 Å². The Hall–Kier alpha value is -3.98. The van der Waals surface area contributed by atoms with E-state index in [0.29, 0.717) is 26.1 Å². The number of ether oxygens (including phenoxy) is 4. The van der Waals surface area contributed by atoms with Crippen LogP contribution in [0.2, 0.25) is 0 Å². The molecule has 2 aromatic rings. The third-order valence-corrected chi connectivity index (χ3v) is 5.48. The summed E-state index contributed by atoms with van der Waals surface area (Å²) in [5, 5.41) is 5.84. The van der Waals surface area contributed by atoms with Gasteiger partial charge in [0.1, 0.15) is 24.4 Å². The van der Waals surface area contributed by atoms with E-state index in [1.807, 2.05) is 102 Å². The lowest BCUT2D eigenvalue weighted by Gasteiger charge is -2.24. The second-order valence-electron chi connectivity index (χ2n) is 11.5. The van der Waals surface area contributed by atoms with E-state index in [-0.39, 0.29) is 25.3 Å². The molecular formula is C34H44N2O6. The highest BCUT2D eigenvalue weighted by Crippen LogP contribution is 2.19. The van der Waals surface area contributed by atoms with Crippen molar-refractivity contribution in [3.8, 4) is 23.7 Å². The molecule has 0 heterocycles. The van der Waals surface area contributed by atoms with E-state index in [4.69, 9.17) is 18.9 Å². The Labute approximate surface area is 250 Å². The van der Waals surface area contributed by atoms with E-state index in [1.54, 1.807) is 0 Å². The van der Waals surface area contributed by atoms with Crippen molar-refractivity contribution in [2.75, 3.05) is 26.4 Å². The molecule has 42 heavy (non-hydrogen) atoms. The molecule has 0 spiro atoms. The highest BCUT2D eigenvalue weighted by atomic mass is 16.6. The molecule has 226 valence electrons. The van der Waals surface area contributed by atoms with E-state index in [9.17, 15) is 9.59 Å². The first-order valence-corrected chi connectivity index (χ1v) is 14.1. The lowest BCUT2D eigenvalue weighted by molar-refractivity contribution is 0.0478. The van der Waals surface area contributed by atoms with Crippen molar-refractivity contribution in [3.05, 3.63) is 71.8 Å². The van der Waals surface area contributed by atoms with Gasteiger partial charge in [0, 0.05) is 0 Å². The van der Waals surface area contributed by atoms with Gasteiger partial charge in [-0.15, -0.1) is 0 Å². The molecule has 2 N–H and O–H groups in total. The molecule has 0 fully saturated rings. The van der Waals surface area contributed by atoms with Crippen LogP contribution in [0.15, 0.2) is 60.7 Å². The molecule has 0 bridgehead atoms. The monoisotopic (exact) mass is 576 g/mol. The van der Waals surface area contributed by atoms with Gasteiger partial charge in [-0.3, -0.25) is 0 Å². The van der Waals surface area contributed by atoms with E-state index in [1.165, 1.54) is 0 Å². The second kappa shape index (κ2) is 17.7. The van der Waals surface area contributed by atoms with Crippen molar-refractivity contribution in [1.29, 1.82) is 0 Å². The minimum Gasteiger partial charge on any atom is -0.444 e. The predicted molar refractivity (Wildman–Crippen MR) is 164 cm³/mol. The van der Waals surface area contributed by atoms with E-state index >= 15 is 0 Å². The first kappa shape index (κ1) is 34.2. The summed E-state index contributed by atoms with van der Waals surface area (Å²) in [6.45, 7) is 12.2. The SMILES string of the molecule is CC(C)(C)OC(=O)N[C@H](CCOCC#CC#CCOCC[C@@H](NC(=O)OC(C)(C)C)c1ccccc1)c1ccccc1. The fourth-order valence-electron chi connectivity index (χ4n) is 3.72. The maximum Gasteiger partial charge on any atom is 0.408 e. The summed E-state index contributed by atoms with van der Waals surface area (Å²) in [6, 6.07) is 18.9. The van der Waals surface area contributed by atoms with Crippen molar-refractivity contribution in [2.45, 2.75) is 77.7 Å². The molecule has 0 aromatic heterocycles. The number of hydrogen-bond acceptors (Lipinski definition) is 6. The summed E-state index contributed by atoms with van der Waals surface area (Å²) >= 11 is 0. The van der Waals surface area contributed by atoms with Crippen LogP contribution in [-0.4, -0.2) is 49.8 Å². The highest BCUT2D eigenvalue weighted by molar-refractivity contribution is 5.68. The molecule has 0 saturated heterocycles. The van der Waals surface area contributed by atoms with Gasteiger partial charge in [0.05, 0.1) is 25.3 Å². The molecule has 0 aliphatic carbocycles. The zero-order chi connectivity index (χ0) is 30.8. The summed E-state index contributed by atoms with van der Waals surface area (Å²) in [5.41, 5.74) is 0.791. The molecule has 0 radical (unpaired) electrons. The number of rotatable bonds is 12. The number of carbonyl (C=O) groups is 2. The zero-order valence-electron chi connectivity index (χ0n) is 25.6. The van der Waals surface area contributed by atoms with Crippen molar-refractivity contribution >= 4 is 12.2 Å². The van der Waals surface area contributed by atoms with Gasteiger partial charge in [0.25, 0.3) is 0 Å². The average Bonchev–Trinajstić information content (AvgIpc) is 2.91. The molecular weight excluding hydrogens is 532 g/mol. The van der Waals surface area contributed by atoms with Crippen LogP contribution in [0.25, 0.3) is 0 Å². The Kier molecular flexibility index (Phi) is 14.5. The van der Waals surface area contributed by atoms with Gasteiger partial charge >= 0.3 is 12.2 Å². The van der Waals surface area contributed by atoms with Crippen LogP contribution in [-0.2, 0) is 18.9 Å². The number of nitrogens with one attached hydrogen (secondary N) is 2. The lowest BCUT2D eigenvalue weighted by Crippen LogP contribution is -2.35. The molecule has 2 rings (SSSR count). The lowest BCUT2D eigenvalue weighted by atomic mass is 10.0. The summed E-state index contributed by atoms with van der Waals surface area (Å²) in [6.07, 6.45) is 0.195. The van der Waals surface area contributed by atoms with Crippen molar-refractivity contribution in [2.24, 2.45) is 0 Å². The summed E-state index contributed by atoms with van der Waals surface area (Å²) in [4.78, 5) is 24.6. The maximum absolute atomic E-state index is 12.3. The smallest absolute Gasteiger partial charge is 0.408 e. The van der Waals surface area contributed by atoms with E-state index in [2.05, 4.69) is 34.3 Å². The summed E-state index contributed by atoms with van der Waals surface area (Å²) < 4.78 is 22.1. The normalized spacial score (nSPS) is 12.4. The molecule has 0 aliphatic heterocycles. The fraction of sp³-hybridized carbons (Fsp3) is 0.471. The second-order valence-corrected chi connectivity index (χ2v) is 11.5. The molecule has 8 heteroatoms. The first-order valence-electron chi connectivity index (χ1n) is 14.1. The van der Waals surface area contributed by atoms with Crippen LogP contribution in [0.3, 0.4) is 0 Å². The predicted octanol–water partition coefficient (Wildman–Crippen LogP) is 6.34. The summed E-state index contributed by atoms with van der Waals surface area (Å²) in [5.74, 6) is 11.2. The standard InChI is InChI=1S/C34H44N2O6/c1-33(2,3)41-31(37)35-29(27-17-11-9-12-18-27)21-25-39-23-15-7-8-16-24-40-26-22-30(28-19-13-10-14-20-28)36-32(38)42-34(4,5)6/h9-14,17-20,29-30H,21-26H2,1-6H3,(H,35,37)(H,36,38)/t29-,30-/m1/s1. The Morgan fingerprint density at radius 2 is 1.00 bits per heavy atom. The van der Waals surface area contributed by atoms with Crippen LogP contribution in [0.4, 0.5) is 9.59 Å². The summed E-state index contributed by atoms with van der Waals surface area (Å²) in [7, 11) is 0. The molecule has 0 unspecified atom stereocenters. The minimum atomic E-state index is -0.576. The Morgan fingerprint density at radius 3 is 1.33 bits per heavy atom. The highest BCUT2D eigenvalue weighted by Gasteiger charge is 2.21. The van der Waals surface area contributed by atoms with Gasteiger partial charge in [0.2, 0.25) is 0 Å². The third kappa shape index (κ3) is 15.7. The first-order chi connectivity index (χ1) is 19.9. The fourth-order valence-corrected chi connectivity index (χ4v) is 3.72. The molecule has 2 amide bonds. The van der Waals surface area contributed by atoms with Crippen molar-refractivity contribution in [3.63, 3.8) is 0 Å². The van der Waals surface area contributed by atoms with Crippen LogP contribution < -0.4 is 10.6 Å². The van der Waals surface area contributed by atoms with Gasteiger partial charge < -0.3 is 29.6 Å². The molecule has 8 nitrogen and oxygen atoms in total. The Balaban J connectivity index is 1.72. The van der Waals surface area contributed by atoms with Crippen LogP contribution in [0, 0.1) is 23.7 Å². The van der Waals surface area contributed by atoms with E-state index in [0.717, 1.165) is 11.1 Å². The van der Waals surface area contributed by atoms with Gasteiger partial charge in [-0.05, 0) is 77.4 Å². The molecule has 0 saturated carbocycles. The molecule has 2 aromatic carbocycles. The topological polar surface area (TPSA) is 95.1 Å². The van der Waals surface area contributed by atoms with Gasteiger partial charge in [0.15, 0.2) is 0 Å². The number of hydrogen-bond donors (Lipinski definition) is 2. The van der Waals surface area contributed by atoms with Crippen molar-refractivity contribution < 1.29 is 28.5 Å². The van der Waals surface area contributed by atoms with Gasteiger partial charge in [-0.25, -0.2) is 9.59 Å². The quantitative estimate of drug-likeness (QED) is 0.226. The van der Waals surface area contributed by atoms with Gasteiger partial charge in [-0.2, -0.15) is 0 Å². The number of alkyl carbamates (subject to hydrolysis) is 2.